The largest absolute Gasteiger partial charge is 0.344 e. The van der Waals surface area contributed by atoms with Crippen molar-refractivity contribution in [3.63, 3.8) is 0 Å². The Hall–Kier alpha value is -0.190. The topological polar surface area (TPSA) is 40.7 Å². The van der Waals surface area contributed by atoms with Crippen LogP contribution < -0.4 is 5.32 Å². The van der Waals surface area contributed by atoms with Gasteiger partial charge in [0, 0.05) is 24.8 Å². The van der Waals surface area contributed by atoms with Crippen molar-refractivity contribution in [3.05, 3.63) is 16.7 Å². The maximum Gasteiger partial charge on any atom is 0.151 e. The predicted octanol–water partition coefficient (Wildman–Crippen LogP) is 3.64. The van der Waals surface area contributed by atoms with Gasteiger partial charge in [-0.2, -0.15) is 11.8 Å². The van der Waals surface area contributed by atoms with Crippen molar-refractivity contribution in [1.29, 1.82) is 0 Å². The number of aromatic amines is 1. The highest BCUT2D eigenvalue weighted by molar-refractivity contribution is 7.98. The number of unbranched alkanes of at least 4 members (excludes halogenated alkanes) is 1. The second kappa shape index (κ2) is 8.83. The number of rotatable bonds is 9. The number of hydrogen-bond donors (Lipinski definition) is 2. The number of halogens is 1. The van der Waals surface area contributed by atoms with E-state index in [9.17, 15) is 0 Å². The fourth-order valence-corrected chi connectivity index (χ4v) is 2.76. The summed E-state index contributed by atoms with van der Waals surface area (Å²) in [4.78, 5) is 7.69. The molecule has 0 bridgehead atoms. The normalized spacial score (nSPS) is 12.9. The third kappa shape index (κ3) is 5.21. The molecule has 3 nitrogen and oxygen atoms in total. The van der Waals surface area contributed by atoms with Crippen molar-refractivity contribution in [3.8, 4) is 0 Å². The van der Waals surface area contributed by atoms with Crippen molar-refractivity contribution in [2.24, 2.45) is 0 Å². The Morgan fingerprint density at radius 1 is 1.44 bits per heavy atom. The summed E-state index contributed by atoms with van der Waals surface area (Å²) in [7, 11) is 0. The van der Waals surface area contributed by atoms with Gasteiger partial charge in [0.2, 0.25) is 0 Å². The van der Waals surface area contributed by atoms with Gasteiger partial charge >= 0.3 is 0 Å². The lowest BCUT2D eigenvalue weighted by Gasteiger charge is -2.14. The number of aromatic nitrogens is 2. The Labute approximate surface area is 119 Å². The van der Waals surface area contributed by atoms with Gasteiger partial charge in [0.25, 0.3) is 0 Å². The van der Waals surface area contributed by atoms with E-state index >= 15 is 0 Å². The molecule has 0 aromatic carbocycles. The van der Waals surface area contributed by atoms with Crippen LogP contribution in [0.2, 0.25) is 5.15 Å². The minimum absolute atomic E-state index is 0.540. The van der Waals surface area contributed by atoms with Gasteiger partial charge in [0.05, 0.1) is 5.69 Å². The third-order valence-corrected chi connectivity index (χ3v) is 4.02. The van der Waals surface area contributed by atoms with E-state index in [1.165, 1.54) is 6.42 Å². The average Bonchev–Trinajstić information content (AvgIpc) is 2.72. The summed E-state index contributed by atoms with van der Waals surface area (Å²) in [5.41, 5.74) is 1.02. The SMILES string of the molecule is CCCCc1nc(Cl)c(CNC(CC)CSC)[nH]1. The van der Waals surface area contributed by atoms with Crippen molar-refractivity contribution in [2.75, 3.05) is 12.0 Å². The van der Waals surface area contributed by atoms with Crippen LogP contribution in [0, 0.1) is 0 Å². The lowest BCUT2D eigenvalue weighted by molar-refractivity contribution is 0.536. The minimum atomic E-state index is 0.540. The number of nitrogens with one attached hydrogen (secondary N) is 2. The molecule has 104 valence electrons. The molecule has 18 heavy (non-hydrogen) atoms. The zero-order chi connectivity index (χ0) is 13.4. The first kappa shape index (κ1) is 15.9. The van der Waals surface area contributed by atoms with Gasteiger partial charge in [-0.05, 0) is 19.1 Å². The van der Waals surface area contributed by atoms with Crippen molar-refractivity contribution >= 4 is 23.4 Å². The number of hydrogen-bond acceptors (Lipinski definition) is 3. The Bertz CT molecular complexity index is 341. The van der Waals surface area contributed by atoms with Gasteiger partial charge in [-0.3, -0.25) is 0 Å². The van der Waals surface area contributed by atoms with Crippen LogP contribution in [-0.2, 0) is 13.0 Å². The maximum absolute atomic E-state index is 6.14. The molecule has 1 heterocycles. The highest BCUT2D eigenvalue weighted by Crippen LogP contribution is 2.14. The summed E-state index contributed by atoms with van der Waals surface area (Å²) in [5, 5.41) is 4.14. The highest BCUT2D eigenvalue weighted by Gasteiger charge is 2.10. The Morgan fingerprint density at radius 3 is 2.83 bits per heavy atom. The summed E-state index contributed by atoms with van der Waals surface area (Å²) in [6.45, 7) is 5.16. The Balaban J connectivity index is 2.48. The van der Waals surface area contributed by atoms with Crippen molar-refractivity contribution in [2.45, 2.75) is 52.1 Å². The van der Waals surface area contributed by atoms with E-state index in [1.807, 2.05) is 11.8 Å². The molecule has 0 fully saturated rings. The van der Waals surface area contributed by atoms with E-state index in [-0.39, 0.29) is 0 Å². The van der Waals surface area contributed by atoms with E-state index in [0.29, 0.717) is 11.2 Å². The van der Waals surface area contributed by atoms with Crippen LogP contribution in [0.5, 0.6) is 0 Å². The molecule has 0 aliphatic heterocycles. The molecular formula is C13H24ClN3S. The minimum Gasteiger partial charge on any atom is -0.344 e. The van der Waals surface area contributed by atoms with Crippen molar-refractivity contribution in [1.82, 2.24) is 15.3 Å². The molecule has 1 unspecified atom stereocenters. The number of nitrogens with zero attached hydrogens (tertiary/aromatic N) is 1. The number of H-pyrrole nitrogens is 1. The first-order valence-electron chi connectivity index (χ1n) is 6.66. The first-order chi connectivity index (χ1) is 8.71. The van der Waals surface area contributed by atoms with Gasteiger partial charge in [0.1, 0.15) is 5.82 Å². The molecule has 0 spiro atoms. The van der Waals surface area contributed by atoms with E-state index in [1.54, 1.807) is 0 Å². The van der Waals surface area contributed by atoms with Crippen LogP contribution in [0.3, 0.4) is 0 Å². The standard InChI is InChI=1S/C13H24ClN3S/c1-4-6-7-12-16-11(13(14)17-12)8-15-10(5-2)9-18-3/h10,15H,4-9H2,1-3H3,(H,16,17). The van der Waals surface area contributed by atoms with E-state index in [2.05, 4.69) is 35.4 Å². The van der Waals surface area contributed by atoms with Gasteiger partial charge in [-0.25, -0.2) is 4.98 Å². The van der Waals surface area contributed by atoms with Crippen LogP contribution in [0.25, 0.3) is 0 Å². The Morgan fingerprint density at radius 2 is 2.22 bits per heavy atom. The zero-order valence-electron chi connectivity index (χ0n) is 11.6. The molecule has 1 aromatic heterocycles. The van der Waals surface area contributed by atoms with Crippen LogP contribution in [0.1, 0.15) is 44.6 Å². The molecule has 0 aliphatic rings. The number of thioether (sulfide) groups is 1. The lowest BCUT2D eigenvalue weighted by Crippen LogP contribution is -2.30. The van der Waals surface area contributed by atoms with Crippen molar-refractivity contribution < 1.29 is 0 Å². The number of imidazole rings is 1. The highest BCUT2D eigenvalue weighted by atomic mass is 35.5. The maximum atomic E-state index is 6.14. The predicted molar refractivity (Wildman–Crippen MR) is 81.5 cm³/mol. The lowest BCUT2D eigenvalue weighted by atomic mass is 10.2. The summed E-state index contributed by atoms with van der Waals surface area (Å²) in [6.07, 6.45) is 6.59. The van der Waals surface area contributed by atoms with Gasteiger partial charge in [-0.15, -0.1) is 0 Å². The monoisotopic (exact) mass is 289 g/mol. The first-order valence-corrected chi connectivity index (χ1v) is 8.43. The quantitative estimate of drug-likeness (QED) is 0.729. The third-order valence-electron chi connectivity index (χ3n) is 2.97. The second-order valence-electron chi connectivity index (χ2n) is 4.50. The molecule has 1 atom stereocenters. The second-order valence-corrected chi connectivity index (χ2v) is 5.77. The molecule has 5 heteroatoms. The smallest absolute Gasteiger partial charge is 0.151 e. The van der Waals surface area contributed by atoms with Gasteiger partial charge in [0.15, 0.2) is 5.15 Å². The summed E-state index contributed by atoms with van der Waals surface area (Å²) >= 11 is 8.01. The number of aryl methyl sites for hydroxylation is 1. The van der Waals surface area contributed by atoms with Crippen LogP contribution in [0.4, 0.5) is 0 Å². The average molecular weight is 290 g/mol. The van der Waals surface area contributed by atoms with Crippen LogP contribution in [-0.4, -0.2) is 28.0 Å². The molecule has 2 N–H and O–H groups in total. The van der Waals surface area contributed by atoms with Crippen LogP contribution in [0.15, 0.2) is 0 Å². The molecular weight excluding hydrogens is 266 g/mol. The van der Waals surface area contributed by atoms with Crippen LogP contribution >= 0.6 is 23.4 Å². The molecule has 0 amide bonds. The fourth-order valence-electron chi connectivity index (χ4n) is 1.79. The van der Waals surface area contributed by atoms with E-state index in [4.69, 9.17) is 11.6 Å². The molecule has 0 radical (unpaired) electrons. The Kier molecular flexibility index (Phi) is 7.79. The molecule has 0 aliphatic carbocycles. The zero-order valence-corrected chi connectivity index (χ0v) is 13.1. The molecule has 1 rings (SSSR count). The fraction of sp³-hybridized carbons (Fsp3) is 0.769. The van der Waals surface area contributed by atoms with E-state index in [0.717, 1.165) is 43.1 Å². The summed E-state index contributed by atoms with van der Waals surface area (Å²) < 4.78 is 0. The summed E-state index contributed by atoms with van der Waals surface area (Å²) in [5.74, 6) is 2.14. The van der Waals surface area contributed by atoms with Gasteiger partial charge in [-0.1, -0.05) is 31.9 Å². The molecule has 1 aromatic rings. The molecule has 0 saturated carbocycles. The molecule has 0 saturated heterocycles. The van der Waals surface area contributed by atoms with E-state index < -0.39 is 0 Å². The van der Waals surface area contributed by atoms with Gasteiger partial charge < -0.3 is 10.3 Å². The summed E-state index contributed by atoms with van der Waals surface area (Å²) in [6, 6.07) is 0.540.